The lowest BCUT2D eigenvalue weighted by Crippen LogP contribution is -2.06. The Kier molecular flexibility index (Phi) is 20.4. The zero-order chi connectivity index (χ0) is 16.3. The van der Waals surface area contributed by atoms with Gasteiger partial charge >= 0.3 is 0 Å². The molecular formula is C20H41IO. The maximum absolute atomic E-state index is 9.47. The Labute approximate surface area is 154 Å². The highest BCUT2D eigenvalue weighted by Gasteiger charge is 2.00. The fourth-order valence-electron chi connectivity index (χ4n) is 3.01. The molecule has 0 aliphatic rings. The van der Waals surface area contributed by atoms with Gasteiger partial charge < -0.3 is 5.11 Å². The van der Waals surface area contributed by atoms with Crippen molar-refractivity contribution < 1.29 is 5.11 Å². The monoisotopic (exact) mass is 424 g/mol. The lowest BCUT2D eigenvalue weighted by Gasteiger charge is -2.06. The maximum atomic E-state index is 9.47. The van der Waals surface area contributed by atoms with E-state index in [9.17, 15) is 5.11 Å². The van der Waals surface area contributed by atoms with Gasteiger partial charge in [0.25, 0.3) is 0 Å². The molecule has 0 heterocycles. The average molecular weight is 424 g/mol. The molecule has 0 aromatic carbocycles. The summed E-state index contributed by atoms with van der Waals surface area (Å²) in [4.78, 5) is 0. The van der Waals surface area contributed by atoms with Gasteiger partial charge in [-0.3, -0.25) is 0 Å². The molecule has 0 amide bonds. The highest BCUT2D eigenvalue weighted by atomic mass is 127. The van der Waals surface area contributed by atoms with E-state index < -0.39 is 0 Å². The predicted molar refractivity (Wildman–Crippen MR) is 109 cm³/mol. The number of rotatable bonds is 18. The molecule has 2 heteroatoms. The third kappa shape index (κ3) is 18.7. The fraction of sp³-hybridized carbons (Fsp3) is 1.00. The Balaban J connectivity index is 2.97. The van der Waals surface area contributed by atoms with E-state index in [1.165, 1.54) is 103 Å². The van der Waals surface area contributed by atoms with Gasteiger partial charge in [0.15, 0.2) is 0 Å². The predicted octanol–water partition coefficient (Wildman–Crippen LogP) is 7.43. The molecule has 0 bridgehead atoms. The van der Waals surface area contributed by atoms with Gasteiger partial charge in [-0.05, 0) is 6.42 Å². The molecule has 0 aliphatic carbocycles. The van der Waals surface area contributed by atoms with Gasteiger partial charge in [-0.2, -0.15) is 0 Å². The zero-order valence-electron chi connectivity index (χ0n) is 15.1. The van der Waals surface area contributed by atoms with Crippen LogP contribution in [0.3, 0.4) is 0 Å². The first-order chi connectivity index (χ1) is 10.8. The Morgan fingerprint density at radius 3 is 1.23 bits per heavy atom. The van der Waals surface area contributed by atoms with E-state index in [-0.39, 0.29) is 6.10 Å². The molecule has 0 saturated carbocycles. The van der Waals surface area contributed by atoms with Crippen molar-refractivity contribution in [2.45, 2.75) is 122 Å². The third-order valence-electron chi connectivity index (χ3n) is 4.57. The second-order valence-electron chi connectivity index (χ2n) is 6.90. The van der Waals surface area contributed by atoms with Crippen LogP contribution in [0.2, 0.25) is 0 Å². The maximum Gasteiger partial charge on any atom is 0.0629 e. The highest BCUT2D eigenvalue weighted by Crippen LogP contribution is 2.14. The molecule has 1 nitrogen and oxygen atoms in total. The smallest absolute Gasteiger partial charge is 0.0629 e. The molecule has 0 rings (SSSR count). The second kappa shape index (κ2) is 19.7. The number of aliphatic hydroxyl groups is 1. The Bertz CT molecular complexity index is 196. The largest absolute Gasteiger partial charge is 0.392 e. The number of alkyl halides is 1. The Morgan fingerprint density at radius 2 is 0.909 bits per heavy atom. The number of aliphatic hydroxyl groups excluding tert-OH is 1. The minimum absolute atomic E-state index is 0.0627. The van der Waals surface area contributed by atoms with Gasteiger partial charge in [0.05, 0.1) is 6.10 Å². The molecule has 1 atom stereocenters. The van der Waals surface area contributed by atoms with Crippen molar-refractivity contribution in [3.63, 3.8) is 0 Å². The summed E-state index contributed by atoms with van der Waals surface area (Å²) in [5, 5.41) is 9.47. The molecule has 0 saturated heterocycles. The van der Waals surface area contributed by atoms with Crippen LogP contribution in [0.1, 0.15) is 116 Å². The third-order valence-corrected chi connectivity index (χ3v) is 5.59. The standard InChI is InChI=1S/C20H41IO/c1-2-3-4-5-6-7-8-9-10-11-12-13-14-15-16-17-18-20(22)19-21/h20,22H,2-19H2,1H3. The van der Waals surface area contributed by atoms with E-state index >= 15 is 0 Å². The van der Waals surface area contributed by atoms with E-state index in [2.05, 4.69) is 29.5 Å². The minimum atomic E-state index is -0.0627. The number of hydrogen-bond donors (Lipinski definition) is 1. The molecule has 0 radical (unpaired) electrons. The first-order valence-corrected chi connectivity index (χ1v) is 11.6. The summed E-state index contributed by atoms with van der Waals surface area (Å²) >= 11 is 2.27. The topological polar surface area (TPSA) is 20.2 Å². The number of unbranched alkanes of at least 4 members (excludes halogenated alkanes) is 15. The van der Waals surface area contributed by atoms with Crippen molar-refractivity contribution in [1.29, 1.82) is 0 Å². The summed E-state index contributed by atoms with van der Waals surface area (Å²) in [5.74, 6) is 0. The lowest BCUT2D eigenvalue weighted by atomic mass is 10.0. The number of halogens is 1. The van der Waals surface area contributed by atoms with Gasteiger partial charge in [-0.1, -0.05) is 132 Å². The van der Waals surface area contributed by atoms with Crippen molar-refractivity contribution in [3.8, 4) is 0 Å². The van der Waals surface area contributed by atoms with Crippen molar-refractivity contribution >= 4 is 22.6 Å². The SMILES string of the molecule is CCCCCCCCCCCCCCCCCCC(O)CI. The van der Waals surface area contributed by atoms with Gasteiger partial charge in [0.2, 0.25) is 0 Å². The van der Waals surface area contributed by atoms with Crippen molar-refractivity contribution in [2.75, 3.05) is 4.43 Å². The highest BCUT2D eigenvalue weighted by molar-refractivity contribution is 14.1. The molecule has 0 aromatic rings. The average Bonchev–Trinajstić information content (AvgIpc) is 2.54. The van der Waals surface area contributed by atoms with Crippen LogP contribution in [0, 0.1) is 0 Å². The fourth-order valence-corrected chi connectivity index (χ4v) is 3.45. The minimum Gasteiger partial charge on any atom is -0.392 e. The number of hydrogen-bond acceptors (Lipinski definition) is 1. The van der Waals surface area contributed by atoms with Crippen LogP contribution in [0.5, 0.6) is 0 Å². The molecular weight excluding hydrogens is 383 g/mol. The van der Waals surface area contributed by atoms with E-state index in [4.69, 9.17) is 0 Å². The van der Waals surface area contributed by atoms with E-state index in [0.717, 1.165) is 10.8 Å². The van der Waals surface area contributed by atoms with Crippen LogP contribution < -0.4 is 0 Å². The van der Waals surface area contributed by atoms with Gasteiger partial charge in [0.1, 0.15) is 0 Å². The van der Waals surface area contributed by atoms with E-state index in [1.54, 1.807) is 0 Å². The molecule has 0 fully saturated rings. The van der Waals surface area contributed by atoms with Crippen molar-refractivity contribution in [1.82, 2.24) is 0 Å². The second-order valence-corrected chi connectivity index (χ2v) is 7.78. The summed E-state index contributed by atoms with van der Waals surface area (Å²) in [7, 11) is 0. The van der Waals surface area contributed by atoms with Gasteiger partial charge in [0, 0.05) is 4.43 Å². The van der Waals surface area contributed by atoms with Crippen LogP contribution in [-0.4, -0.2) is 15.6 Å². The van der Waals surface area contributed by atoms with Crippen LogP contribution in [0.15, 0.2) is 0 Å². The zero-order valence-corrected chi connectivity index (χ0v) is 17.3. The molecule has 22 heavy (non-hydrogen) atoms. The normalized spacial score (nSPS) is 12.7. The molecule has 1 unspecified atom stereocenters. The first-order valence-electron chi connectivity index (χ1n) is 10.0. The van der Waals surface area contributed by atoms with Crippen molar-refractivity contribution in [3.05, 3.63) is 0 Å². The van der Waals surface area contributed by atoms with E-state index in [0.29, 0.717) is 0 Å². The van der Waals surface area contributed by atoms with Crippen LogP contribution in [0.4, 0.5) is 0 Å². The van der Waals surface area contributed by atoms with Crippen LogP contribution in [-0.2, 0) is 0 Å². The van der Waals surface area contributed by atoms with E-state index in [1.807, 2.05) is 0 Å². The van der Waals surface area contributed by atoms with Crippen LogP contribution in [0.25, 0.3) is 0 Å². The summed E-state index contributed by atoms with van der Waals surface area (Å²) in [6.07, 6.45) is 23.5. The summed E-state index contributed by atoms with van der Waals surface area (Å²) in [6.45, 7) is 2.29. The van der Waals surface area contributed by atoms with Crippen LogP contribution >= 0.6 is 22.6 Å². The molecule has 134 valence electrons. The van der Waals surface area contributed by atoms with Gasteiger partial charge in [-0.25, -0.2) is 0 Å². The first kappa shape index (κ1) is 22.7. The summed E-state index contributed by atoms with van der Waals surface area (Å²) in [6, 6.07) is 0. The summed E-state index contributed by atoms with van der Waals surface area (Å²) < 4.78 is 0.885. The quantitative estimate of drug-likeness (QED) is 0.138. The molecule has 0 aliphatic heterocycles. The Hall–Kier alpha value is 0.690. The Morgan fingerprint density at radius 1 is 0.591 bits per heavy atom. The molecule has 0 aromatic heterocycles. The summed E-state index contributed by atoms with van der Waals surface area (Å²) in [5.41, 5.74) is 0. The van der Waals surface area contributed by atoms with Crippen molar-refractivity contribution in [2.24, 2.45) is 0 Å². The molecule has 0 spiro atoms. The van der Waals surface area contributed by atoms with Gasteiger partial charge in [-0.15, -0.1) is 0 Å². The lowest BCUT2D eigenvalue weighted by molar-refractivity contribution is 0.187. The molecule has 1 N–H and O–H groups in total.